The number of para-hydroxylation sites is 1. The minimum Gasteiger partial charge on any atom is -0.466 e. The van der Waals surface area contributed by atoms with Crippen LogP contribution in [-0.4, -0.2) is 19.1 Å². The van der Waals surface area contributed by atoms with E-state index < -0.39 is 0 Å². The molecule has 3 heteroatoms. The zero-order valence-electron chi connectivity index (χ0n) is 18.2. The molecule has 1 rings (SSSR count). The van der Waals surface area contributed by atoms with Crippen molar-refractivity contribution in [3.8, 4) is 0 Å². The summed E-state index contributed by atoms with van der Waals surface area (Å²) in [6.45, 7) is 3.46. The number of carbonyl (C=O) groups is 1. The van der Waals surface area contributed by atoms with Crippen molar-refractivity contribution in [3.63, 3.8) is 0 Å². The number of benzene rings is 1. The van der Waals surface area contributed by atoms with Crippen LogP contribution in [0.5, 0.6) is 0 Å². The number of anilines is 1. The van der Waals surface area contributed by atoms with E-state index in [1.807, 2.05) is 6.92 Å². The van der Waals surface area contributed by atoms with Gasteiger partial charge in [0.1, 0.15) is 0 Å². The molecule has 0 heterocycles. The third-order valence-corrected chi connectivity index (χ3v) is 5.22. The van der Waals surface area contributed by atoms with Crippen LogP contribution in [0.2, 0.25) is 0 Å². The van der Waals surface area contributed by atoms with Gasteiger partial charge in [-0.1, -0.05) is 95.2 Å². The second kappa shape index (κ2) is 18.8. The van der Waals surface area contributed by atoms with E-state index >= 15 is 0 Å². The van der Waals surface area contributed by atoms with Gasteiger partial charge in [-0.15, -0.1) is 0 Å². The van der Waals surface area contributed by atoms with Gasteiger partial charge >= 0.3 is 5.97 Å². The van der Waals surface area contributed by atoms with Crippen molar-refractivity contribution in [2.24, 2.45) is 0 Å². The van der Waals surface area contributed by atoms with E-state index in [0.29, 0.717) is 13.0 Å². The smallest absolute Gasteiger partial charge is 0.305 e. The fourth-order valence-electron chi connectivity index (χ4n) is 3.54. The first-order valence-electron chi connectivity index (χ1n) is 11.8. The SMILES string of the molecule is CCOC(=O)CCCCCCCCCCCCCCCCNc1ccccc1. The molecule has 28 heavy (non-hydrogen) atoms. The molecular formula is C25H43NO2. The maximum atomic E-state index is 11.2. The second-order valence-corrected chi connectivity index (χ2v) is 7.80. The van der Waals surface area contributed by atoms with Crippen molar-refractivity contribution < 1.29 is 9.53 Å². The number of esters is 1. The third kappa shape index (κ3) is 15.5. The molecule has 1 aromatic carbocycles. The van der Waals surface area contributed by atoms with Crippen LogP contribution in [0.1, 0.15) is 103 Å². The van der Waals surface area contributed by atoms with E-state index in [2.05, 4.69) is 35.6 Å². The Morgan fingerprint density at radius 2 is 1.18 bits per heavy atom. The van der Waals surface area contributed by atoms with Gasteiger partial charge in [0, 0.05) is 18.7 Å². The molecule has 0 aliphatic rings. The summed E-state index contributed by atoms with van der Waals surface area (Å²) in [6.07, 6.45) is 19.1. The average molecular weight is 390 g/mol. The highest BCUT2D eigenvalue weighted by Crippen LogP contribution is 2.14. The summed E-state index contributed by atoms with van der Waals surface area (Å²) < 4.78 is 4.94. The molecular weight excluding hydrogens is 346 g/mol. The van der Waals surface area contributed by atoms with E-state index in [1.54, 1.807) is 0 Å². The topological polar surface area (TPSA) is 38.3 Å². The molecule has 0 atom stereocenters. The summed E-state index contributed by atoms with van der Waals surface area (Å²) in [7, 11) is 0. The lowest BCUT2D eigenvalue weighted by molar-refractivity contribution is -0.143. The molecule has 0 saturated heterocycles. The van der Waals surface area contributed by atoms with E-state index in [9.17, 15) is 4.79 Å². The Kier molecular flexibility index (Phi) is 16.5. The number of carbonyl (C=O) groups excluding carboxylic acids is 1. The molecule has 0 fully saturated rings. The molecule has 1 aromatic rings. The fourth-order valence-corrected chi connectivity index (χ4v) is 3.54. The Morgan fingerprint density at radius 3 is 1.68 bits per heavy atom. The molecule has 0 amide bonds. The fraction of sp³-hybridized carbons (Fsp3) is 0.720. The van der Waals surface area contributed by atoms with Crippen molar-refractivity contribution in [1.29, 1.82) is 0 Å². The van der Waals surface area contributed by atoms with Crippen molar-refractivity contribution >= 4 is 11.7 Å². The minimum absolute atomic E-state index is 0.0358. The summed E-state index contributed by atoms with van der Waals surface area (Å²) in [6, 6.07) is 10.5. The van der Waals surface area contributed by atoms with Crippen LogP contribution in [0.3, 0.4) is 0 Å². The third-order valence-electron chi connectivity index (χ3n) is 5.22. The standard InChI is InChI=1S/C25H43NO2/c1-2-28-25(27)22-18-13-11-9-7-5-3-4-6-8-10-12-14-19-23-26-24-20-16-15-17-21-24/h15-17,20-21,26H,2-14,18-19,22-23H2,1H3. The number of hydrogen-bond donors (Lipinski definition) is 1. The van der Waals surface area contributed by atoms with E-state index in [4.69, 9.17) is 4.74 Å². The Balaban J connectivity index is 1.70. The van der Waals surface area contributed by atoms with E-state index in [-0.39, 0.29) is 5.97 Å². The number of rotatable bonds is 19. The van der Waals surface area contributed by atoms with Gasteiger partial charge in [0.25, 0.3) is 0 Å². The van der Waals surface area contributed by atoms with Crippen molar-refractivity contribution in [2.75, 3.05) is 18.5 Å². The number of unbranched alkanes of at least 4 members (excludes halogenated alkanes) is 13. The summed E-state index contributed by atoms with van der Waals surface area (Å²) >= 11 is 0. The van der Waals surface area contributed by atoms with Gasteiger partial charge in [-0.05, 0) is 31.9 Å². The average Bonchev–Trinajstić information content (AvgIpc) is 2.71. The van der Waals surface area contributed by atoms with Crippen LogP contribution in [0.4, 0.5) is 5.69 Å². The summed E-state index contributed by atoms with van der Waals surface area (Å²) in [5.41, 5.74) is 1.24. The molecule has 0 unspecified atom stereocenters. The maximum Gasteiger partial charge on any atom is 0.305 e. The summed E-state index contributed by atoms with van der Waals surface area (Å²) in [5, 5.41) is 3.48. The minimum atomic E-state index is -0.0358. The molecule has 0 aromatic heterocycles. The molecule has 0 radical (unpaired) electrons. The second-order valence-electron chi connectivity index (χ2n) is 7.80. The first-order valence-corrected chi connectivity index (χ1v) is 11.8. The van der Waals surface area contributed by atoms with Crippen LogP contribution in [0.15, 0.2) is 30.3 Å². The molecule has 3 nitrogen and oxygen atoms in total. The zero-order chi connectivity index (χ0) is 20.1. The highest BCUT2D eigenvalue weighted by molar-refractivity contribution is 5.69. The predicted octanol–water partition coefficient (Wildman–Crippen LogP) is 7.51. The molecule has 160 valence electrons. The maximum absolute atomic E-state index is 11.2. The summed E-state index contributed by atoms with van der Waals surface area (Å²) in [5.74, 6) is -0.0358. The van der Waals surface area contributed by atoms with Gasteiger partial charge in [0.2, 0.25) is 0 Å². The summed E-state index contributed by atoms with van der Waals surface area (Å²) in [4.78, 5) is 11.2. The molecule has 0 aliphatic carbocycles. The van der Waals surface area contributed by atoms with Crippen molar-refractivity contribution in [1.82, 2.24) is 0 Å². The lowest BCUT2D eigenvalue weighted by Gasteiger charge is -2.06. The first kappa shape index (κ1) is 24.5. The Labute approximate surface area is 173 Å². The largest absolute Gasteiger partial charge is 0.466 e. The van der Waals surface area contributed by atoms with E-state index in [1.165, 1.54) is 89.2 Å². The normalized spacial score (nSPS) is 10.8. The van der Waals surface area contributed by atoms with Gasteiger partial charge < -0.3 is 10.1 Å². The molecule has 0 bridgehead atoms. The van der Waals surface area contributed by atoms with Gasteiger partial charge in [-0.2, -0.15) is 0 Å². The molecule has 0 saturated carbocycles. The van der Waals surface area contributed by atoms with Crippen molar-refractivity contribution in [2.45, 2.75) is 103 Å². The van der Waals surface area contributed by atoms with Crippen LogP contribution < -0.4 is 5.32 Å². The van der Waals surface area contributed by atoms with Crippen LogP contribution >= 0.6 is 0 Å². The van der Waals surface area contributed by atoms with E-state index in [0.717, 1.165) is 13.0 Å². The van der Waals surface area contributed by atoms with Crippen LogP contribution in [0, 0.1) is 0 Å². The Bertz CT molecular complexity index is 461. The lowest BCUT2D eigenvalue weighted by Crippen LogP contribution is -2.03. The van der Waals surface area contributed by atoms with Gasteiger partial charge in [-0.25, -0.2) is 0 Å². The van der Waals surface area contributed by atoms with Gasteiger partial charge in [0.05, 0.1) is 6.61 Å². The van der Waals surface area contributed by atoms with Crippen LogP contribution in [0.25, 0.3) is 0 Å². The Hall–Kier alpha value is -1.51. The monoisotopic (exact) mass is 389 g/mol. The first-order chi connectivity index (χ1) is 13.8. The van der Waals surface area contributed by atoms with Crippen molar-refractivity contribution in [3.05, 3.63) is 30.3 Å². The number of hydrogen-bond acceptors (Lipinski definition) is 3. The predicted molar refractivity (Wildman–Crippen MR) is 121 cm³/mol. The zero-order valence-corrected chi connectivity index (χ0v) is 18.2. The molecule has 0 spiro atoms. The highest BCUT2D eigenvalue weighted by Gasteiger charge is 2.00. The quantitative estimate of drug-likeness (QED) is 0.196. The molecule has 0 aliphatic heterocycles. The van der Waals surface area contributed by atoms with Gasteiger partial charge in [-0.3, -0.25) is 4.79 Å². The number of ether oxygens (including phenoxy) is 1. The highest BCUT2D eigenvalue weighted by atomic mass is 16.5. The van der Waals surface area contributed by atoms with Crippen LogP contribution in [-0.2, 0) is 9.53 Å². The number of nitrogens with one attached hydrogen (secondary N) is 1. The molecule has 1 N–H and O–H groups in total. The Morgan fingerprint density at radius 1 is 0.714 bits per heavy atom. The van der Waals surface area contributed by atoms with Gasteiger partial charge in [0.15, 0.2) is 0 Å². The lowest BCUT2D eigenvalue weighted by atomic mass is 10.0.